The molecule has 158 valence electrons. The van der Waals surface area contributed by atoms with Crippen molar-refractivity contribution in [3.05, 3.63) is 92.4 Å². The Kier molecular flexibility index (Phi) is 7.17. The van der Waals surface area contributed by atoms with Crippen molar-refractivity contribution in [3.63, 3.8) is 0 Å². The summed E-state index contributed by atoms with van der Waals surface area (Å²) in [6.45, 7) is 1.69. The fourth-order valence-electron chi connectivity index (χ4n) is 2.64. The van der Waals surface area contributed by atoms with E-state index in [1.807, 2.05) is 0 Å². The quantitative estimate of drug-likeness (QED) is 0.323. The van der Waals surface area contributed by atoms with Crippen molar-refractivity contribution in [1.29, 1.82) is 0 Å². The molecule has 3 aromatic carbocycles. The summed E-state index contributed by atoms with van der Waals surface area (Å²) in [6, 6.07) is 15.7. The van der Waals surface area contributed by atoms with Crippen LogP contribution in [0.2, 0.25) is 15.1 Å². The maximum atomic E-state index is 12.5. The van der Waals surface area contributed by atoms with Crippen molar-refractivity contribution in [2.75, 3.05) is 5.32 Å². The van der Waals surface area contributed by atoms with Crippen LogP contribution in [0.25, 0.3) is 0 Å². The predicted molar refractivity (Wildman–Crippen MR) is 124 cm³/mol. The molecule has 3 N–H and O–H groups in total. The Hall–Kier alpha value is -3.06. The number of hydrazone groups is 1. The fourth-order valence-corrected chi connectivity index (χ4v) is 3.31. The van der Waals surface area contributed by atoms with Crippen molar-refractivity contribution < 1.29 is 14.7 Å². The van der Waals surface area contributed by atoms with Crippen molar-refractivity contribution in [2.45, 2.75) is 6.92 Å². The zero-order chi connectivity index (χ0) is 22.5. The lowest BCUT2D eigenvalue weighted by atomic mass is 10.1. The first-order valence-electron chi connectivity index (χ1n) is 8.94. The second kappa shape index (κ2) is 9.83. The number of carbonyl (C=O) groups is 2. The summed E-state index contributed by atoms with van der Waals surface area (Å²) in [4.78, 5) is 24.8. The van der Waals surface area contributed by atoms with Crippen molar-refractivity contribution in [3.8, 4) is 5.75 Å². The summed E-state index contributed by atoms with van der Waals surface area (Å²) in [5.41, 5.74) is 4.33. The second-order valence-corrected chi connectivity index (χ2v) is 7.74. The lowest BCUT2D eigenvalue weighted by Crippen LogP contribution is -2.19. The Morgan fingerprint density at radius 3 is 2.32 bits per heavy atom. The third-order valence-corrected chi connectivity index (χ3v) is 5.03. The molecular formula is C22H16Cl3N3O3. The van der Waals surface area contributed by atoms with Gasteiger partial charge in [0, 0.05) is 15.7 Å². The summed E-state index contributed by atoms with van der Waals surface area (Å²) >= 11 is 17.8. The lowest BCUT2D eigenvalue weighted by molar-refractivity contribution is 0.0951. The summed E-state index contributed by atoms with van der Waals surface area (Å²) in [5.74, 6) is -1.21. The van der Waals surface area contributed by atoms with Gasteiger partial charge >= 0.3 is 0 Å². The first kappa shape index (κ1) is 22.6. The molecule has 0 atom stereocenters. The summed E-state index contributed by atoms with van der Waals surface area (Å²) in [7, 11) is 0. The standard InChI is InChI=1S/C22H16Cl3N3O3/c1-12(27-28-22(31)18-10-14(23)6-8-20(18)29)13-3-2-4-16(9-13)26-21(30)17-7-5-15(24)11-19(17)25/h2-11,29H,1H3,(H,26,30)(H,28,31)/b27-12-. The molecule has 0 radical (unpaired) electrons. The number of hydrogen-bond donors (Lipinski definition) is 3. The van der Waals surface area contributed by atoms with E-state index in [2.05, 4.69) is 15.8 Å². The molecule has 0 heterocycles. The highest BCUT2D eigenvalue weighted by Gasteiger charge is 2.13. The van der Waals surface area contributed by atoms with Gasteiger partial charge in [-0.1, -0.05) is 46.9 Å². The Morgan fingerprint density at radius 1 is 0.871 bits per heavy atom. The minimum atomic E-state index is -0.610. The van der Waals surface area contributed by atoms with Gasteiger partial charge in [0.05, 0.1) is 21.9 Å². The van der Waals surface area contributed by atoms with Crippen LogP contribution in [0.15, 0.2) is 65.8 Å². The number of rotatable bonds is 5. The molecule has 0 saturated heterocycles. The van der Waals surface area contributed by atoms with E-state index < -0.39 is 11.8 Å². The molecular weight excluding hydrogens is 461 g/mol. The minimum absolute atomic E-state index is 0.00454. The first-order valence-corrected chi connectivity index (χ1v) is 10.1. The molecule has 9 heteroatoms. The van der Waals surface area contributed by atoms with Gasteiger partial charge in [-0.05, 0) is 61.0 Å². The highest BCUT2D eigenvalue weighted by Crippen LogP contribution is 2.23. The number of nitrogens with zero attached hydrogens (tertiary/aromatic N) is 1. The predicted octanol–water partition coefficient (Wildman–Crippen LogP) is 5.76. The van der Waals surface area contributed by atoms with Crippen LogP contribution in [-0.4, -0.2) is 22.6 Å². The molecule has 6 nitrogen and oxygen atoms in total. The van der Waals surface area contributed by atoms with Crippen molar-refractivity contribution >= 4 is 58.0 Å². The number of amides is 2. The molecule has 0 fully saturated rings. The van der Waals surface area contributed by atoms with Crippen LogP contribution in [0.3, 0.4) is 0 Å². The number of aromatic hydroxyl groups is 1. The smallest absolute Gasteiger partial charge is 0.275 e. The summed E-state index contributed by atoms with van der Waals surface area (Å²) < 4.78 is 0. The van der Waals surface area contributed by atoms with Crippen LogP contribution < -0.4 is 10.7 Å². The van der Waals surface area contributed by atoms with Gasteiger partial charge in [-0.3, -0.25) is 9.59 Å². The highest BCUT2D eigenvalue weighted by atomic mass is 35.5. The molecule has 0 unspecified atom stereocenters. The van der Waals surface area contributed by atoms with Gasteiger partial charge in [0.1, 0.15) is 5.75 Å². The molecule has 0 spiro atoms. The molecule has 2 amide bonds. The number of phenols is 1. The zero-order valence-corrected chi connectivity index (χ0v) is 18.4. The monoisotopic (exact) mass is 475 g/mol. The second-order valence-electron chi connectivity index (χ2n) is 6.46. The van der Waals surface area contributed by atoms with Crippen LogP contribution in [-0.2, 0) is 0 Å². The van der Waals surface area contributed by atoms with E-state index in [-0.39, 0.29) is 21.9 Å². The van der Waals surface area contributed by atoms with Crippen molar-refractivity contribution in [1.82, 2.24) is 5.43 Å². The molecule has 0 aliphatic heterocycles. The zero-order valence-electron chi connectivity index (χ0n) is 16.1. The van der Waals surface area contributed by atoms with E-state index in [1.54, 1.807) is 37.3 Å². The van der Waals surface area contributed by atoms with E-state index in [9.17, 15) is 14.7 Å². The van der Waals surface area contributed by atoms with Crippen molar-refractivity contribution in [2.24, 2.45) is 5.10 Å². The Morgan fingerprint density at radius 2 is 1.58 bits per heavy atom. The normalized spacial score (nSPS) is 11.2. The van der Waals surface area contributed by atoms with Gasteiger partial charge in [-0.25, -0.2) is 5.43 Å². The third kappa shape index (κ3) is 5.76. The van der Waals surface area contributed by atoms with Crippen LogP contribution >= 0.6 is 34.8 Å². The van der Waals surface area contributed by atoms with Gasteiger partial charge in [0.15, 0.2) is 0 Å². The SMILES string of the molecule is C/C(=N/NC(=O)c1cc(Cl)ccc1O)c1cccc(NC(=O)c2ccc(Cl)cc2Cl)c1. The molecule has 3 aromatic rings. The number of anilines is 1. The van der Waals surface area contributed by atoms with E-state index in [0.29, 0.717) is 27.0 Å². The summed E-state index contributed by atoms with van der Waals surface area (Å²) in [5, 5.41) is 17.6. The maximum Gasteiger partial charge on any atom is 0.275 e. The minimum Gasteiger partial charge on any atom is -0.507 e. The third-order valence-electron chi connectivity index (χ3n) is 4.24. The number of hydrogen-bond acceptors (Lipinski definition) is 4. The highest BCUT2D eigenvalue weighted by molar-refractivity contribution is 6.37. The molecule has 0 aromatic heterocycles. The van der Waals surface area contributed by atoms with Crippen LogP contribution in [0.4, 0.5) is 5.69 Å². The van der Waals surface area contributed by atoms with E-state index in [1.165, 1.54) is 30.3 Å². The van der Waals surface area contributed by atoms with Crippen LogP contribution in [0.1, 0.15) is 33.2 Å². The number of phenolic OH excluding ortho intramolecular Hbond substituents is 1. The first-order chi connectivity index (χ1) is 14.7. The molecule has 3 rings (SSSR count). The Bertz CT molecular complexity index is 1200. The molecule has 0 aliphatic rings. The molecule has 0 bridgehead atoms. The van der Waals surface area contributed by atoms with Gasteiger partial charge in [0.25, 0.3) is 11.8 Å². The number of benzene rings is 3. The Balaban J connectivity index is 1.73. The lowest BCUT2D eigenvalue weighted by Gasteiger charge is -2.09. The van der Waals surface area contributed by atoms with Gasteiger partial charge in [-0.15, -0.1) is 0 Å². The van der Waals surface area contributed by atoms with Crippen LogP contribution in [0.5, 0.6) is 5.75 Å². The Labute approximate surface area is 193 Å². The number of carbonyl (C=O) groups excluding carboxylic acids is 2. The topological polar surface area (TPSA) is 90.8 Å². The van der Waals surface area contributed by atoms with E-state index in [4.69, 9.17) is 34.8 Å². The average molecular weight is 477 g/mol. The van der Waals surface area contributed by atoms with Gasteiger partial charge in [-0.2, -0.15) is 5.10 Å². The van der Waals surface area contributed by atoms with Gasteiger partial charge < -0.3 is 10.4 Å². The van der Waals surface area contributed by atoms with E-state index >= 15 is 0 Å². The molecule has 0 aliphatic carbocycles. The number of nitrogens with one attached hydrogen (secondary N) is 2. The molecule has 31 heavy (non-hydrogen) atoms. The van der Waals surface area contributed by atoms with Gasteiger partial charge in [0.2, 0.25) is 0 Å². The fraction of sp³-hybridized carbons (Fsp3) is 0.0455. The average Bonchev–Trinajstić information content (AvgIpc) is 2.73. The summed E-state index contributed by atoms with van der Waals surface area (Å²) in [6.07, 6.45) is 0. The largest absolute Gasteiger partial charge is 0.507 e. The van der Waals surface area contributed by atoms with Crippen LogP contribution in [0, 0.1) is 0 Å². The molecule has 0 saturated carbocycles. The number of halogens is 3. The maximum absolute atomic E-state index is 12.5. The van der Waals surface area contributed by atoms with E-state index in [0.717, 1.165) is 0 Å².